The summed E-state index contributed by atoms with van der Waals surface area (Å²) >= 11 is 0. The summed E-state index contributed by atoms with van der Waals surface area (Å²) in [4.78, 5) is 13.0. The molecule has 408 valence electrons. The van der Waals surface area contributed by atoms with Crippen LogP contribution in [-0.2, 0) is 33.2 Å². The molecule has 14 heteroatoms. The van der Waals surface area contributed by atoms with Crippen LogP contribution in [-0.4, -0.2) is 142 Å². The van der Waals surface area contributed by atoms with E-state index in [1.807, 2.05) is 0 Å². The number of esters is 1. The summed E-state index contributed by atoms with van der Waals surface area (Å²) < 4.78 is 34.3. The van der Waals surface area contributed by atoms with Crippen LogP contribution in [0.1, 0.15) is 232 Å². The van der Waals surface area contributed by atoms with Gasteiger partial charge in [0.1, 0.15) is 54.9 Å². The van der Waals surface area contributed by atoms with Crippen molar-refractivity contribution in [1.82, 2.24) is 0 Å². The zero-order valence-electron chi connectivity index (χ0n) is 43.6. The standard InChI is InChI=1S/C55H104O14/c1-3-5-7-9-11-13-15-17-18-19-20-21-22-23-24-25-26-27-29-31-33-35-37-39-64-41-44(67-47(57)38-36-34-32-30-28-16-14-12-10-8-6-4-2)42-65-54-53(63)51(61)49(59)46(69-54)43-66-55-52(62)50(60)48(58)45(40-56)68-55/h12,14,44-46,48-56,58-63H,3-11,13,15-43H2,1-2H3/b14-12-. The minimum Gasteiger partial charge on any atom is -0.457 e. The Bertz CT molecular complexity index is 1190. The molecule has 2 fully saturated rings. The monoisotopic (exact) mass is 989 g/mol. The number of ether oxygens (including phenoxy) is 6. The van der Waals surface area contributed by atoms with Crippen LogP contribution in [0.15, 0.2) is 12.2 Å². The van der Waals surface area contributed by atoms with Gasteiger partial charge >= 0.3 is 5.97 Å². The van der Waals surface area contributed by atoms with E-state index in [0.717, 1.165) is 57.8 Å². The van der Waals surface area contributed by atoms with Crippen LogP contribution < -0.4 is 0 Å². The molecule has 0 aliphatic carbocycles. The third kappa shape index (κ3) is 30.5. The molecule has 69 heavy (non-hydrogen) atoms. The highest BCUT2D eigenvalue weighted by atomic mass is 16.7. The molecule has 2 aliphatic rings. The van der Waals surface area contributed by atoms with Gasteiger partial charge in [0.15, 0.2) is 12.6 Å². The Labute approximate surface area is 418 Å². The molecule has 0 bridgehead atoms. The lowest BCUT2D eigenvalue weighted by Crippen LogP contribution is -2.61. The second-order valence-corrected chi connectivity index (χ2v) is 20.1. The first-order valence-corrected chi connectivity index (χ1v) is 28.3. The third-order valence-electron chi connectivity index (χ3n) is 13.8. The minimum atomic E-state index is -1.70. The van der Waals surface area contributed by atoms with Gasteiger partial charge in [-0.15, -0.1) is 0 Å². The van der Waals surface area contributed by atoms with Gasteiger partial charge in [0, 0.05) is 13.0 Å². The van der Waals surface area contributed by atoms with Crippen LogP contribution in [0.4, 0.5) is 0 Å². The van der Waals surface area contributed by atoms with Crippen molar-refractivity contribution in [2.45, 2.75) is 300 Å². The van der Waals surface area contributed by atoms with Crippen molar-refractivity contribution in [1.29, 1.82) is 0 Å². The maximum absolute atomic E-state index is 13.0. The quantitative estimate of drug-likeness (QED) is 0.0172. The molecule has 0 radical (unpaired) electrons. The van der Waals surface area contributed by atoms with Crippen LogP contribution in [0.3, 0.4) is 0 Å². The number of allylic oxidation sites excluding steroid dienone is 2. The van der Waals surface area contributed by atoms with Crippen molar-refractivity contribution in [2.24, 2.45) is 0 Å². The highest BCUT2D eigenvalue weighted by Gasteiger charge is 2.47. The second kappa shape index (κ2) is 43.2. The SMILES string of the molecule is CCCCC/C=C\CCCCCCCC(=O)OC(COCCCCCCCCCCCCCCCCCCCCCCCCC)COC1OC(COC2OC(CO)C(O)C(O)C2O)C(O)C(O)C1O. The fourth-order valence-electron chi connectivity index (χ4n) is 9.16. The molecule has 0 saturated carbocycles. The van der Waals surface area contributed by atoms with E-state index in [-0.39, 0.29) is 25.6 Å². The highest BCUT2D eigenvalue weighted by molar-refractivity contribution is 5.69. The van der Waals surface area contributed by atoms with E-state index >= 15 is 0 Å². The Morgan fingerprint density at radius 3 is 1.35 bits per heavy atom. The highest BCUT2D eigenvalue weighted by Crippen LogP contribution is 2.27. The first-order valence-electron chi connectivity index (χ1n) is 28.3. The summed E-state index contributed by atoms with van der Waals surface area (Å²) in [7, 11) is 0. The second-order valence-electron chi connectivity index (χ2n) is 20.1. The fourth-order valence-corrected chi connectivity index (χ4v) is 9.16. The number of aliphatic hydroxyl groups is 7. The van der Waals surface area contributed by atoms with Gasteiger partial charge in [0.25, 0.3) is 0 Å². The maximum Gasteiger partial charge on any atom is 0.306 e. The maximum atomic E-state index is 13.0. The smallest absolute Gasteiger partial charge is 0.306 e. The van der Waals surface area contributed by atoms with Gasteiger partial charge in [-0.3, -0.25) is 4.79 Å². The lowest BCUT2D eigenvalue weighted by atomic mass is 9.98. The Hall–Kier alpha value is -1.27. The van der Waals surface area contributed by atoms with Crippen LogP contribution in [0.2, 0.25) is 0 Å². The Balaban J connectivity index is 1.68. The van der Waals surface area contributed by atoms with Gasteiger partial charge in [-0.05, 0) is 38.5 Å². The molecule has 0 spiro atoms. The molecule has 0 aromatic rings. The average molecular weight is 989 g/mol. The van der Waals surface area contributed by atoms with Crippen LogP contribution in [0, 0.1) is 0 Å². The van der Waals surface area contributed by atoms with Crippen molar-refractivity contribution < 1.29 is 69.0 Å². The lowest BCUT2D eigenvalue weighted by molar-refractivity contribution is -0.332. The van der Waals surface area contributed by atoms with E-state index in [4.69, 9.17) is 28.4 Å². The van der Waals surface area contributed by atoms with Crippen LogP contribution in [0.25, 0.3) is 0 Å². The summed E-state index contributed by atoms with van der Waals surface area (Å²) in [5.41, 5.74) is 0. The predicted molar refractivity (Wildman–Crippen MR) is 271 cm³/mol. The molecule has 0 aromatic heterocycles. The molecular formula is C55H104O14. The lowest BCUT2D eigenvalue weighted by Gasteiger charge is -2.42. The zero-order valence-corrected chi connectivity index (χ0v) is 43.6. The molecule has 0 amide bonds. The van der Waals surface area contributed by atoms with Crippen molar-refractivity contribution >= 4 is 5.97 Å². The van der Waals surface area contributed by atoms with Crippen molar-refractivity contribution in [3.63, 3.8) is 0 Å². The molecule has 2 aliphatic heterocycles. The number of carbonyl (C=O) groups excluding carboxylic acids is 1. The first-order chi connectivity index (χ1) is 33.6. The number of aliphatic hydroxyl groups excluding tert-OH is 7. The molecule has 0 aromatic carbocycles. The van der Waals surface area contributed by atoms with Crippen molar-refractivity contribution in [3.8, 4) is 0 Å². The molecule has 14 nitrogen and oxygen atoms in total. The van der Waals surface area contributed by atoms with E-state index in [2.05, 4.69) is 26.0 Å². The van der Waals surface area contributed by atoms with Gasteiger partial charge in [0.2, 0.25) is 0 Å². The summed E-state index contributed by atoms with van der Waals surface area (Å²) in [5.74, 6) is -0.381. The van der Waals surface area contributed by atoms with Crippen molar-refractivity contribution in [3.05, 3.63) is 12.2 Å². The fraction of sp³-hybridized carbons (Fsp3) is 0.945. The van der Waals surface area contributed by atoms with Gasteiger partial charge < -0.3 is 64.2 Å². The number of rotatable bonds is 46. The number of carbonyl (C=O) groups is 1. The van der Waals surface area contributed by atoms with Crippen LogP contribution >= 0.6 is 0 Å². The number of hydrogen-bond donors (Lipinski definition) is 7. The predicted octanol–water partition coefficient (Wildman–Crippen LogP) is 9.41. The topological polar surface area (TPSA) is 214 Å². The minimum absolute atomic E-state index is 0.0641. The first kappa shape index (κ1) is 63.8. The van der Waals surface area contributed by atoms with E-state index in [1.54, 1.807) is 0 Å². The van der Waals surface area contributed by atoms with Crippen LogP contribution in [0.5, 0.6) is 0 Å². The van der Waals surface area contributed by atoms with E-state index in [9.17, 15) is 40.5 Å². The summed E-state index contributed by atoms with van der Waals surface area (Å²) in [6.45, 7) is 3.70. The molecule has 2 saturated heterocycles. The molecule has 2 rings (SSSR count). The normalized spacial score (nSPS) is 25.7. The van der Waals surface area contributed by atoms with E-state index < -0.39 is 80.7 Å². The Morgan fingerprint density at radius 2 is 0.855 bits per heavy atom. The average Bonchev–Trinajstić information content (AvgIpc) is 3.35. The van der Waals surface area contributed by atoms with E-state index in [1.165, 1.54) is 148 Å². The molecular weight excluding hydrogens is 885 g/mol. The number of hydrogen-bond acceptors (Lipinski definition) is 14. The van der Waals surface area contributed by atoms with Gasteiger partial charge in [-0.1, -0.05) is 199 Å². The molecule has 11 atom stereocenters. The Kier molecular flexibility index (Phi) is 39.9. The molecule has 7 N–H and O–H groups in total. The van der Waals surface area contributed by atoms with Gasteiger partial charge in [-0.2, -0.15) is 0 Å². The van der Waals surface area contributed by atoms with Gasteiger partial charge in [-0.25, -0.2) is 0 Å². The summed E-state index contributed by atoms with van der Waals surface area (Å²) in [6.07, 6.45) is 30.0. The van der Waals surface area contributed by atoms with Crippen molar-refractivity contribution in [2.75, 3.05) is 33.0 Å². The third-order valence-corrected chi connectivity index (χ3v) is 13.8. The van der Waals surface area contributed by atoms with E-state index in [0.29, 0.717) is 13.0 Å². The largest absolute Gasteiger partial charge is 0.457 e. The molecule has 2 heterocycles. The molecule has 11 unspecified atom stereocenters. The Morgan fingerprint density at radius 1 is 0.464 bits per heavy atom. The summed E-state index contributed by atoms with van der Waals surface area (Å²) in [5, 5.41) is 72.2. The summed E-state index contributed by atoms with van der Waals surface area (Å²) in [6, 6.07) is 0. The van der Waals surface area contributed by atoms with Gasteiger partial charge in [0.05, 0.1) is 26.4 Å². The number of unbranched alkanes of at least 4 members (excludes halogenated alkanes) is 30. The zero-order chi connectivity index (χ0) is 50.2.